The predicted octanol–water partition coefficient (Wildman–Crippen LogP) is 3.04. The van der Waals surface area contributed by atoms with E-state index in [1.165, 1.54) is 0 Å². The normalized spacial score (nSPS) is 18.3. The lowest BCUT2D eigenvalue weighted by Crippen LogP contribution is -2.47. The summed E-state index contributed by atoms with van der Waals surface area (Å²) in [4.78, 5) is 36.9. The Hall–Kier alpha value is -1.63. The number of hydrogen-bond donors (Lipinski definition) is 3. The number of ether oxygens (including phenoxy) is 1. The van der Waals surface area contributed by atoms with Crippen LogP contribution in [0.3, 0.4) is 0 Å². The SMILES string of the molecule is CCC[C@H](CC1(C(=O)N[C@@H](CCO)CC(=O)O)CCCC1)C(=O)OC(C)(C)C. The molecule has 1 amide bonds. The summed E-state index contributed by atoms with van der Waals surface area (Å²) in [5, 5.41) is 21.1. The first kappa shape index (κ1) is 24.4. The molecule has 0 radical (unpaired) electrons. The lowest BCUT2D eigenvalue weighted by Gasteiger charge is -2.33. The Labute approximate surface area is 168 Å². The van der Waals surface area contributed by atoms with Crippen LogP contribution < -0.4 is 5.32 Å². The number of amides is 1. The number of esters is 1. The summed E-state index contributed by atoms with van der Waals surface area (Å²) in [7, 11) is 0. The molecule has 0 bridgehead atoms. The molecule has 1 saturated carbocycles. The molecular formula is C21H37NO6. The molecule has 7 heteroatoms. The van der Waals surface area contributed by atoms with Gasteiger partial charge in [0.1, 0.15) is 5.60 Å². The van der Waals surface area contributed by atoms with Crippen LogP contribution in [0.4, 0.5) is 0 Å². The van der Waals surface area contributed by atoms with E-state index in [0.29, 0.717) is 25.7 Å². The number of aliphatic hydroxyl groups is 1. The zero-order valence-corrected chi connectivity index (χ0v) is 17.8. The highest BCUT2D eigenvalue weighted by molar-refractivity contribution is 5.85. The summed E-state index contributed by atoms with van der Waals surface area (Å²) >= 11 is 0. The smallest absolute Gasteiger partial charge is 0.309 e. The molecule has 0 aromatic heterocycles. The molecule has 0 aromatic rings. The molecule has 162 valence electrons. The van der Waals surface area contributed by atoms with Gasteiger partial charge in [0.25, 0.3) is 0 Å². The Morgan fingerprint density at radius 2 is 1.75 bits per heavy atom. The third kappa shape index (κ3) is 7.78. The van der Waals surface area contributed by atoms with Crippen LogP contribution in [0.15, 0.2) is 0 Å². The molecule has 0 saturated heterocycles. The molecule has 1 fully saturated rings. The number of carboxylic acids is 1. The molecule has 2 atom stereocenters. The maximum atomic E-state index is 13.1. The van der Waals surface area contributed by atoms with E-state index < -0.39 is 23.0 Å². The van der Waals surface area contributed by atoms with Crippen molar-refractivity contribution in [1.29, 1.82) is 0 Å². The fourth-order valence-corrected chi connectivity index (χ4v) is 4.01. The highest BCUT2D eigenvalue weighted by Crippen LogP contribution is 2.45. The van der Waals surface area contributed by atoms with Crippen molar-refractivity contribution in [2.45, 2.75) is 97.1 Å². The van der Waals surface area contributed by atoms with Crippen LogP contribution in [0.2, 0.25) is 0 Å². The molecule has 0 aliphatic heterocycles. The van der Waals surface area contributed by atoms with Gasteiger partial charge < -0.3 is 20.3 Å². The molecule has 0 aromatic carbocycles. The van der Waals surface area contributed by atoms with Gasteiger partial charge in [0.2, 0.25) is 5.91 Å². The Morgan fingerprint density at radius 1 is 1.14 bits per heavy atom. The number of carbonyl (C=O) groups excluding carboxylic acids is 2. The minimum absolute atomic E-state index is 0.193. The first-order valence-electron chi connectivity index (χ1n) is 10.4. The highest BCUT2D eigenvalue weighted by atomic mass is 16.6. The van der Waals surface area contributed by atoms with E-state index in [-0.39, 0.29) is 37.2 Å². The average Bonchev–Trinajstić information content (AvgIpc) is 3.02. The van der Waals surface area contributed by atoms with E-state index in [1.807, 2.05) is 27.7 Å². The molecule has 1 aliphatic carbocycles. The zero-order valence-electron chi connectivity index (χ0n) is 17.8. The summed E-state index contributed by atoms with van der Waals surface area (Å²) in [5.41, 5.74) is -1.26. The molecule has 0 spiro atoms. The Bertz CT molecular complexity index is 534. The van der Waals surface area contributed by atoms with Crippen molar-refractivity contribution in [1.82, 2.24) is 5.32 Å². The molecular weight excluding hydrogens is 362 g/mol. The van der Waals surface area contributed by atoms with Gasteiger partial charge in [-0.3, -0.25) is 14.4 Å². The summed E-state index contributed by atoms with van der Waals surface area (Å²) in [6, 6.07) is -0.612. The van der Waals surface area contributed by atoms with Crippen LogP contribution in [0.1, 0.15) is 85.5 Å². The fraction of sp³-hybridized carbons (Fsp3) is 0.857. The third-order valence-electron chi connectivity index (χ3n) is 5.29. The van der Waals surface area contributed by atoms with Crippen molar-refractivity contribution in [2.75, 3.05) is 6.61 Å². The quantitative estimate of drug-likeness (QED) is 0.460. The zero-order chi connectivity index (χ0) is 21.4. The average molecular weight is 400 g/mol. The van der Waals surface area contributed by atoms with Crippen LogP contribution in [0.5, 0.6) is 0 Å². The van der Waals surface area contributed by atoms with E-state index in [2.05, 4.69) is 5.32 Å². The minimum atomic E-state index is -1.02. The van der Waals surface area contributed by atoms with Gasteiger partial charge in [-0.25, -0.2) is 0 Å². The number of aliphatic hydroxyl groups excluding tert-OH is 1. The Balaban J connectivity index is 2.96. The molecule has 28 heavy (non-hydrogen) atoms. The maximum Gasteiger partial charge on any atom is 0.309 e. The van der Waals surface area contributed by atoms with E-state index in [0.717, 1.165) is 19.3 Å². The van der Waals surface area contributed by atoms with Crippen LogP contribution in [0, 0.1) is 11.3 Å². The van der Waals surface area contributed by atoms with E-state index in [1.54, 1.807) is 0 Å². The number of aliphatic carboxylic acids is 1. The monoisotopic (exact) mass is 399 g/mol. The maximum absolute atomic E-state index is 13.1. The molecule has 3 N–H and O–H groups in total. The standard InChI is InChI=1S/C21H37NO6/c1-5-8-15(18(26)28-20(2,3)4)14-21(10-6-7-11-21)19(27)22-16(9-12-23)13-17(24)25/h15-16,23H,5-14H2,1-4H3,(H,22,27)(H,24,25)/t15-,16+/m1/s1. The number of carbonyl (C=O) groups is 3. The molecule has 1 rings (SSSR count). The van der Waals surface area contributed by atoms with Gasteiger partial charge in [0, 0.05) is 12.6 Å². The van der Waals surface area contributed by atoms with Crippen LogP contribution in [-0.2, 0) is 19.1 Å². The minimum Gasteiger partial charge on any atom is -0.481 e. The van der Waals surface area contributed by atoms with Gasteiger partial charge >= 0.3 is 11.9 Å². The van der Waals surface area contributed by atoms with Crippen LogP contribution in [-0.4, -0.2) is 46.3 Å². The summed E-state index contributed by atoms with van der Waals surface area (Å²) in [6.07, 6.45) is 5.02. The molecule has 0 heterocycles. The van der Waals surface area contributed by atoms with Crippen molar-refractivity contribution in [3.8, 4) is 0 Å². The molecule has 0 unspecified atom stereocenters. The first-order chi connectivity index (χ1) is 13.0. The van der Waals surface area contributed by atoms with Gasteiger partial charge in [0.15, 0.2) is 0 Å². The largest absolute Gasteiger partial charge is 0.481 e. The number of rotatable bonds is 11. The Kier molecular flexibility index (Phi) is 9.40. The fourth-order valence-electron chi connectivity index (χ4n) is 4.01. The van der Waals surface area contributed by atoms with Gasteiger partial charge in [-0.15, -0.1) is 0 Å². The third-order valence-corrected chi connectivity index (χ3v) is 5.29. The second-order valence-electron chi connectivity index (χ2n) is 8.99. The molecule has 1 aliphatic rings. The lowest BCUT2D eigenvalue weighted by molar-refractivity contribution is -0.162. The first-order valence-corrected chi connectivity index (χ1v) is 10.4. The van der Waals surface area contributed by atoms with E-state index in [4.69, 9.17) is 9.84 Å². The van der Waals surface area contributed by atoms with Gasteiger partial charge in [-0.2, -0.15) is 0 Å². The number of nitrogens with one attached hydrogen (secondary N) is 1. The van der Waals surface area contributed by atoms with E-state index in [9.17, 15) is 19.5 Å². The topological polar surface area (TPSA) is 113 Å². The van der Waals surface area contributed by atoms with Gasteiger partial charge in [0.05, 0.1) is 17.8 Å². The lowest BCUT2D eigenvalue weighted by atomic mass is 9.75. The molecule has 7 nitrogen and oxygen atoms in total. The van der Waals surface area contributed by atoms with Crippen LogP contribution in [0.25, 0.3) is 0 Å². The summed E-state index contributed by atoms with van der Waals surface area (Å²) < 4.78 is 5.58. The second kappa shape index (κ2) is 10.8. The summed E-state index contributed by atoms with van der Waals surface area (Å²) in [6.45, 7) is 7.30. The van der Waals surface area contributed by atoms with Crippen molar-refractivity contribution in [3.05, 3.63) is 0 Å². The van der Waals surface area contributed by atoms with Crippen molar-refractivity contribution < 1.29 is 29.3 Å². The van der Waals surface area contributed by atoms with Crippen molar-refractivity contribution in [3.63, 3.8) is 0 Å². The predicted molar refractivity (Wildman–Crippen MR) is 106 cm³/mol. The number of hydrogen-bond acceptors (Lipinski definition) is 5. The summed E-state index contributed by atoms with van der Waals surface area (Å²) in [5.74, 6) is -1.85. The van der Waals surface area contributed by atoms with Gasteiger partial charge in [-0.05, 0) is 52.9 Å². The second-order valence-corrected chi connectivity index (χ2v) is 8.99. The van der Waals surface area contributed by atoms with Crippen molar-refractivity contribution >= 4 is 17.8 Å². The van der Waals surface area contributed by atoms with Gasteiger partial charge in [-0.1, -0.05) is 26.2 Å². The highest BCUT2D eigenvalue weighted by Gasteiger charge is 2.45. The Morgan fingerprint density at radius 3 is 2.21 bits per heavy atom. The van der Waals surface area contributed by atoms with Crippen LogP contribution >= 0.6 is 0 Å². The number of carboxylic acid groups (broad SMARTS) is 1. The van der Waals surface area contributed by atoms with E-state index >= 15 is 0 Å². The van der Waals surface area contributed by atoms with Crippen molar-refractivity contribution in [2.24, 2.45) is 11.3 Å².